The van der Waals surface area contributed by atoms with Crippen molar-refractivity contribution in [3.05, 3.63) is 58.9 Å². The highest BCUT2D eigenvalue weighted by Gasteiger charge is 2.25. The molecule has 2 aromatic heterocycles. The van der Waals surface area contributed by atoms with Crippen molar-refractivity contribution in [1.29, 1.82) is 0 Å². The molecule has 0 bridgehead atoms. The molecule has 1 N–H and O–H groups in total. The third kappa shape index (κ3) is 4.69. The van der Waals surface area contributed by atoms with Crippen molar-refractivity contribution in [2.45, 2.75) is 45.7 Å². The fraction of sp³-hybridized carbons (Fsp3) is 0.435. The number of likely N-dealkylation sites (tertiary alicyclic amines) is 1. The summed E-state index contributed by atoms with van der Waals surface area (Å²) in [7, 11) is 1.93. The molecule has 31 heavy (non-hydrogen) atoms. The van der Waals surface area contributed by atoms with Crippen molar-refractivity contribution in [3.8, 4) is 11.3 Å². The van der Waals surface area contributed by atoms with Crippen LogP contribution in [0.4, 0.5) is 4.39 Å². The first-order valence-corrected chi connectivity index (χ1v) is 10.7. The zero-order valence-electron chi connectivity index (χ0n) is 18.2. The van der Waals surface area contributed by atoms with E-state index in [4.69, 9.17) is 4.52 Å². The molecule has 4 rings (SSSR count). The molecule has 0 unspecified atom stereocenters. The number of nitrogens with zero attached hydrogens (tertiary/aromatic N) is 4. The van der Waals surface area contributed by atoms with Crippen LogP contribution in [0.1, 0.15) is 47.3 Å². The molecule has 3 heterocycles. The number of hydrogen-bond donors (Lipinski definition) is 1. The van der Waals surface area contributed by atoms with E-state index >= 15 is 0 Å². The molecule has 0 spiro atoms. The molecule has 3 aromatic rings. The van der Waals surface area contributed by atoms with Gasteiger partial charge in [0.2, 0.25) is 0 Å². The van der Waals surface area contributed by atoms with Crippen LogP contribution in [0.15, 0.2) is 34.9 Å². The monoisotopic (exact) mass is 425 g/mol. The molecule has 1 aromatic carbocycles. The van der Waals surface area contributed by atoms with Gasteiger partial charge in [-0.25, -0.2) is 4.39 Å². The SMILES string of the molecule is CCc1onc(C)c1C(=O)NC1CCN(Cc2cc(-c3ccc(F)cc3)nn2C)CC1. The summed E-state index contributed by atoms with van der Waals surface area (Å²) in [5, 5.41) is 11.7. The van der Waals surface area contributed by atoms with Crippen LogP contribution in [0, 0.1) is 12.7 Å². The van der Waals surface area contributed by atoms with Gasteiger partial charge in [-0.2, -0.15) is 5.10 Å². The Bertz CT molecular complexity index is 1050. The number of aryl methyl sites for hydroxylation is 3. The maximum Gasteiger partial charge on any atom is 0.257 e. The summed E-state index contributed by atoms with van der Waals surface area (Å²) in [5.74, 6) is 0.296. The highest BCUT2D eigenvalue weighted by atomic mass is 19.1. The van der Waals surface area contributed by atoms with Crippen LogP contribution < -0.4 is 5.32 Å². The molecule has 1 saturated heterocycles. The smallest absolute Gasteiger partial charge is 0.257 e. The number of aromatic nitrogens is 3. The van der Waals surface area contributed by atoms with Gasteiger partial charge in [0.25, 0.3) is 5.91 Å². The lowest BCUT2D eigenvalue weighted by molar-refractivity contribution is 0.0905. The van der Waals surface area contributed by atoms with E-state index in [1.807, 2.05) is 18.7 Å². The zero-order valence-corrected chi connectivity index (χ0v) is 18.2. The molecule has 8 heteroatoms. The summed E-state index contributed by atoms with van der Waals surface area (Å²) in [4.78, 5) is 15.1. The predicted octanol–water partition coefficient (Wildman–Crippen LogP) is 3.48. The molecular weight excluding hydrogens is 397 g/mol. The van der Waals surface area contributed by atoms with E-state index < -0.39 is 0 Å². The lowest BCUT2D eigenvalue weighted by Gasteiger charge is -2.32. The van der Waals surface area contributed by atoms with Crippen LogP contribution in [0.5, 0.6) is 0 Å². The molecule has 0 aliphatic carbocycles. The number of piperidine rings is 1. The second-order valence-corrected chi connectivity index (χ2v) is 8.10. The number of nitrogens with one attached hydrogen (secondary N) is 1. The van der Waals surface area contributed by atoms with E-state index in [9.17, 15) is 9.18 Å². The number of carbonyl (C=O) groups excluding carboxylic acids is 1. The minimum absolute atomic E-state index is 0.0929. The standard InChI is InChI=1S/C23H28FN5O2/c1-4-21-22(15(2)27-31-21)23(30)25-18-9-11-29(12-10-18)14-19-13-20(26-28(19)3)16-5-7-17(24)8-6-16/h5-8,13,18H,4,9-12,14H2,1-3H3,(H,25,30). The Kier molecular flexibility index (Phi) is 6.18. The van der Waals surface area contributed by atoms with Gasteiger partial charge in [-0.05, 0) is 50.1 Å². The van der Waals surface area contributed by atoms with Crippen LogP contribution in [0.25, 0.3) is 11.3 Å². The molecule has 164 valence electrons. The van der Waals surface area contributed by atoms with Crippen LogP contribution in [-0.2, 0) is 20.0 Å². The number of rotatable bonds is 6. The van der Waals surface area contributed by atoms with Crippen molar-refractivity contribution in [2.75, 3.05) is 13.1 Å². The second-order valence-electron chi connectivity index (χ2n) is 8.10. The van der Waals surface area contributed by atoms with E-state index in [0.29, 0.717) is 23.4 Å². The fourth-order valence-corrected chi connectivity index (χ4v) is 4.09. The van der Waals surface area contributed by atoms with Gasteiger partial charge in [0.15, 0.2) is 0 Å². The van der Waals surface area contributed by atoms with Gasteiger partial charge in [0.05, 0.1) is 17.1 Å². The minimum atomic E-state index is -0.250. The summed E-state index contributed by atoms with van der Waals surface area (Å²) >= 11 is 0. The number of halogens is 1. The maximum absolute atomic E-state index is 13.2. The van der Waals surface area contributed by atoms with Gasteiger partial charge in [0, 0.05) is 44.7 Å². The van der Waals surface area contributed by atoms with E-state index in [1.54, 1.807) is 19.1 Å². The lowest BCUT2D eigenvalue weighted by atomic mass is 10.0. The summed E-state index contributed by atoms with van der Waals surface area (Å²) in [6.45, 7) is 6.33. The van der Waals surface area contributed by atoms with Gasteiger partial charge in [-0.3, -0.25) is 14.4 Å². The van der Waals surface area contributed by atoms with Gasteiger partial charge in [-0.1, -0.05) is 12.1 Å². The first-order valence-electron chi connectivity index (χ1n) is 10.7. The minimum Gasteiger partial charge on any atom is -0.360 e. The third-order valence-corrected chi connectivity index (χ3v) is 5.91. The maximum atomic E-state index is 13.2. The lowest BCUT2D eigenvalue weighted by Crippen LogP contribution is -2.44. The van der Waals surface area contributed by atoms with E-state index in [2.05, 4.69) is 26.5 Å². The van der Waals surface area contributed by atoms with Crippen molar-refractivity contribution in [3.63, 3.8) is 0 Å². The molecule has 0 atom stereocenters. The van der Waals surface area contributed by atoms with E-state index in [0.717, 1.165) is 49.4 Å². The predicted molar refractivity (Wildman–Crippen MR) is 115 cm³/mol. The van der Waals surface area contributed by atoms with Crippen molar-refractivity contribution in [1.82, 2.24) is 25.2 Å². The Morgan fingerprint density at radius 1 is 1.26 bits per heavy atom. The molecule has 1 aliphatic heterocycles. The summed E-state index contributed by atoms with van der Waals surface area (Å²) in [6, 6.07) is 8.60. The summed E-state index contributed by atoms with van der Waals surface area (Å²) in [6.07, 6.45) is 2.42. The molecular formula is C23H28FN5O2. The highest BCUT2D eigenvalue weighted by molar-refractivity contribution is 5.96. The summed E-state index contributed by atoms with van der Waals surface area (Å²) in [5.41, 5.74) is 4.07. The van der Waals surface area contributed by atoms with Crippen LogP contribution in [0.3, 0.4) is 0 Å². The molecule has 1 aliphatic rings. The summed E-state index contributed by atoms with van der Waals surface area (Å²) < 4.78 is 20.3. The number of amides is 1. The zero-order chi connectivity index (χ0) is 22.0. The molecule has 7 nitrogen and oxygen atoms in total. The molecule has 1 fully saturated rings. The van der Waals surface area contributed by atoms with Gasteiger partial charge >= 0.3 is 0 Å². The largest absolute Gasteiger partial charge is 0.360 e. The first kappa shape index (κ1) is 21.2. The van der Waals surface area contributed by atoms with Crippen molar-refractivity contribution in [2.24, 2.45) is 7.05 Å². The Labute approximate surface area is 181 Å². The normalized spacial score (nSPS) is 15.4. The van der Waals surface area contributed by atoms with Gasteiger partial charge in [0.1, 0.15) is 17.1 Å². The number of benzene rings is 1. The Hall–Kier alpha value is -3.00. The van der Waals surface area contributed by atoms with E-state index in [1.165, 1.54) is 12.1 Å². The quantitative estimate of drug-likeness (QED) is 0.654. The molecule has 0 radical (unpaired) electrons. The van der Waals surface area contributed by atoms with Crippen molar-refractivity contribution < 1.29 is 13.7 Å². The Balaban J connectivity index is 1.33. The highest BCUT2D eigenvalue weighted by Crippen LogP contribution is 2.22. The first-order chi connectivity index (χ1) is 14.9. The fourth-order valence-electron chi connectivity index (χ4n) is 4.09. The molecule has 0 saturated carbocycles. The Morgan fingerprint density at radius 3 is 2.65 bits per heavy atom. The number of carbonyl (C=O) groups is 1. The second kappa shape index (κ2) is 9.01. The van der Waals surface area contributed by atoms with Crippen LogP contribution in [0.2, 0.25) is 0 Å². The van der Waals surface area contributed by atoms with Crippen LogP contribution in [-0.4, -0.2) is 44.9 Å². The average molecular weight is 426 g/mol. The van der Waals surface area contributed by atoms with Gasteiger partial charge in [-0.15, -0.1) is 0 Å². The van der Waals surface area contributed by atoms with Gasteiger partial charge < -0.3 is 9.84 Å². The van der Waals surface area contributed by atoms with E-state index in [-0.39, 0.29) is 17.8 Å². The third-order valence-electron chi connectivity index (χ3n) is 5.91. The topological polar surface area (TPSA) is 76.2 Å². The Morgan fingerprint density at radius 2 is 1.97 bits per heavy atom. The van der Waals surface area contributed by atoms with Crippen LogP contribution >= 0.6 is 0 Å². The number of hydrogen-bond acceptors (Lipinski definition) is 5. The van der Waals surface area contributed by atoms with Crippen molar-refractivity contribution >= 4 is 5.91 Å². The molecule has 1 amide bonds. The average Bonchev–Trinajstić information content (AvgIpc) is 3.32.